The van der Waals surface area contributed by atoms with Crippen molar-refractivity contribution < 1.29 is 14.4 Å². The number of amides is 3. The van der Waals surface area contributed by atoms with Gasteiger partial charge in [-0.05, 0) is 33.3 Å². The van der Waals surface area contributed by atoms with Gasteiger partial charge in [0.1, 0.15) is 0 Å². The van der Waals surface area contributed by atoms with Crippen LogP contribution in [0.25, 0.3) is 0 Å². The predicted molar refractivity (Wildman–Crippen MR) is 74.3 cm³/mol. The molecule has 0 rings (SSSR count). The van der Waals surface area contributed by atoms with Crippen molar-refractivity contribution in [3.63, 3.8) is 0 Å². The lowest BCUT2D eigenvalue weighted by atomic mass is 9.78. The van der Waals surface area contributed by atoms with Gasteiger partial charge in [0.15, 0.2) is 0 Å². The number of hydrogen-bond donors (Lipinski definition) is 1. The molecule has 0 fully saturated rings. The Bertz CT molecular complexity index is 384. The number of nitrogens with one attached hydrogen (secondary N) is 1. The molecular formula is C14H24N2O3. The van der Waals surface area contributed by atoms with Gasteiger partial charge in [-0.2, -0.15) is 0 Å². The van der Waals surface area contributed by atoms with E-state index in [0.29, 0.717) is 12.8 Å². The number of imide groups is 1. The summed E-state index contributed by atoms with van der Waals surface area (Å²) >= 11 is 0. The first-order valence-corrected chi connectivity index (χ1v) is 6.26. The minimum absolute atomic E-state index is 0.120. The predicted octanol–water partition coefficient (Wildman–Crippen LogP) is 1.49. The second-order valence-corrected chi connectivity index (χ2v) is 5.77. The molecule has 3 amide bonds. The van der Waals surface area contributed by atoms with Crippen molar-refractivity contribution in [1.29, 1.82) is 0 Å². The quantitative estimate of drug-likeness (QED) is 0.586. The van der Waals surface area contributed by atoms with E-state index >= 15 is 0 Å². The Hall–Kier alpha value is -1.65. The Morgan fingerprint density at radius 2 is 1.74 bits per heavy atom. The molecule has 0 saturated carbocycles. The van der Waals surface area contributed by atoms with Crippen molar-refractivity contribution in [2.45, 2.75) is 46.6 Å². The lowest BCUT2D eigenvalue weighted by Gasteiger charge is -2.39. The SMILES string of the molecule is C/C=C\C(=O)N(C=O)C(C)(C)CC(C)(C)C(=O)NC. The molecule has 0 spiro atoms. The van der Waals surface area contributed by atoms with Gasteiger partial charge in [-0.1, -0.05) is 19.9 Å². The van der Waals surface area contributed by atoms with Gasteiger partial charge in [0.05, 0.1) is 0 Å². The first-order valence-electron chi connectivity index (χ1n) is 6.26. The molecule has 0 aromatic carbocycles. The second-order valence-electron chi connectivity index (χ2n) is 5.77. The first-order chi connectivity index (χ1) is 8.62. The molecule has 1 N–H and O–H groups in total. The third-order valence-corrected chi connectivity index (χ3v) is 3.02. The molecule has 0 atom stereocenters. The summed E-state index contributed by atoms with van der Waals surface area (Å²) in [5.74, 6) is -0.500. The zero-order valence-corrected chi connectivity index (χ0v) is 12.6. The number of hydrogen-bond acceptors (Lipinski definition) is 3. The number of carbonyl (C=O) groups excluding carboxylic acids is 3. The van der Waals surface area contributed by atoms with Gasteiger partial charge >= 0.3 is 0 Å². The average molecular weight is 268 g/mol. The van der Waals surface area contributed by atoms with Crippen molar-refractivity contribution in [2.24, 2.45) is 5.41 Å². The van der Waals surface area contributed by atoms with E-state index in [1.165, 1.54) is 6.08 Å². The molecule has 0 unspecified atom stereocenters. The third-order valence-electron chi connectivity index (χ3n) is 3.02. The molecule has 5 nitrogen and oxygen atoms in total. The van der Waals surface area contributed by atoms with Crippen LogP contribution in [0.1, 0.15) is 41.0 Å². The van der Waals surface area contributed by atoms with Gasteiger partial charge in [0, 0.05) is 18.0 Å². The number of rotatable bonds is 6. The molecular weight excluding hydrogens is 244 g/mol. The zero-order valence-electron chi connectivity index (χ0n) is 12.6. The van der Waals surface area contributed by atoms with Gasteiger partial charge in [-0.15, -0.1) is 0 Å². The summed E-state index contributed by atoms with van der Waals surface area (Å²) in [6.07, 6.45) is 3.81. The Labute approximate surface area is 115 Å². The molecule has 0 aliphatic heterocycles. The van der Waals surface area contributed by atoms with E-state index in [0.717, 1.165) is 4.90 Å². The highest BCUT2D eigenvalue weighted by molar-refractivity contribution is 5.95. The largest absolute Gasteiger partial charge is 0.359 e. The fourth-order valence-corrected chi connectivity index (χ4v) is 2.30. The molecule has 0 aromatic rings. The van der Waals surface area contributed by atoms with Crippen LogP contribution in [-0.4, -0.2) is 35.7 Å². The van der Waals surface area contributed by atoms with E-state index in [4.69, 9.17) is 0 Å². The summed E-state index contributed by atoms with van der Waals surface area (Å²) in [6.45, 7) is 8.83. The van der Waals surface area contributed by atoms with Crippen LogP contribution in [0.3, 0.4) is 0 Å². The van der Waals surface area contributed by atoms with Gasteiger partial charge in [-0.25, -0.2) is 0 Å². The maximum absolute atomic E-state index is 11.9. The van der Waals surface area contributed by atoms with Crippen LogP contribution >= 0.6 is 0 Å². The molecule has 0 aliphatic rings. The minimum atomic E-state index is -0.742. The van der Waals surface area contributed by atoms with Crippen LogP contribution in [-0.2, 0) is 14.4 Å². The van der Waals surface area contributed by atoms with E-state index in [-0.39, 0.29) is 11.8 Å². The van der Waals surface area contributed by atoms with Crippen molar-refractivity contribution in [3.05, 3.63) is 12.2 Å². The van der Waals surface area contributed by atoms with Crippen LogP contribution < -0.4 is 5.32 Å². The lowest BCUT2D eigenvalue weighted by molar-refractivity contribution is -0.143. The molecule has 19 heavy (non-hydrogen) atoms. The minimum Gasteiger partial charge on any atom is -0.359 e. The van der Waals surface area contributed by atoms with Crippen molar-refractivity contribution in [2.75, 3.05) is 7.05 Å². The van der Waals surface area contributed by atoms with E-state index in [2.05, 4.69) is 5.32 Å². The number of carbonyl (C=O) groups is 3. The maximum atomic E-state index is 11.9. The van der Waals surface area contributed by atoms with E-state index in [1.807, 2.05) is 0 Å². The molecule has 5 heteroatoms. The Morgan fingerprint density at radius 3 is 2.11 bits per heavy atom. The van der Waals surface area contributed by atoms with Gasteiger partial charge < -0.3 is 5.32 Å². The van der Waals surface area contributed by atoms with Gasteiger partial charge in [-0.3, -0.25) is 19.3 Å². The van der Waals surface area contributed by atoms with E-state index in [9.17, 15) is 14.4 Å². The lowest BCUT2D eigenvalue weighted by Crippen LogP contribution is -2.51. The summed E-state index contributed by atoms with van der Waals surface area (Å²) in [5.41, 5.74) is -1.41. The second kappa shape index (κ2) is 6.50. The fraction of sp³-hybridized carbons (Fsp3) is 0.643. The summed E-state index contributed by atoms with van der Waals surface area (Å²) in [5, 5.41) is 2.59. The Kier molecular flexibility index (Phi) is 5.93. The molecule has 0 radical (unpaired) electrons. The zero-order chi connectivity index (χ0) is 15.3. The highest BCUT2D eigenvalue weighted by Crippen LogP contribution is 2.31. The third kappa shape index (κ3) is 4.50. The molecule has 0 heterocycles. The van der Waals surface area contributed by atoms with Crippen molar-refractivity contribution in [1.82, 2.24) is 10.2 Å². The fourth-order valence-electron chi connectivity index (χ4n) is 2.30. The highest BCUT2D eigenvalue weighted by atomic mass is 16.2. The molecule has 0 aromatic heterocycles. The summed E-state index contributed by atoms with van der Waals surface area (Å²) in [7, 11) is 1.57. The highest BCUT2D eigenvalue weighted by Gasteiger charge is 2.39. The summed E-state index contributed by atoms with van der Waals surface area (Å²) < 4.78 is 0. The number of nitrogens with zero attached hydrogens (tertiary/aromatic N) is 1. The maximum Gasteiger partial charge on any atom is 0.253 e. The summed E-state index contributed by atoms with van der Waals surface area (Å²) in [4.78, 5) is 35.9. The summed E-state index contributed by atoms with van der Waals surface area (Å²) in [6, 6.07) is 0. The topological polar surface area (TPSA) is 66.5 Å². The van der Waals surface area contributed by atoms with Crippen LogP contribution in [0.5, 0.6) is 0 Å². The van der Waals surface area contributed by atoms with E-state index < -0.39 is 11.0 Å². The Balaban J connectivity index is 5.19. The molecule has 0 saturated heterocycles. The van der Waals surface area contributed by atoms with Gasteiger partial charge in [0.2, 0.25) is 12.3 Å². The van der Waals surface area contributed by atoms with Crippen LogP contribution in [0, 0.1) is 5.41 Å². The molecule has 0 bridgehead atoms. The standard InChI is InChI=1S/C14H24N2O3/c1-7-8-11(18)16(10-17)14(4,5)9-13(2,3)12(19)15-6/h7-8,10H,9H2,1-6H3,(H,15,19)/b8-7-. The van der Waals surface area contributed by atoms with Gasteiger partial charge in [0.25, 0.3) is 5.91 Å². The normalized spacial score (nSPS) is 12.3. The van der Waals surface area contributed by atoms with Crippen LogP contribution in [0.2, 0.25) is 0 Å². The smallest absolute Gasteiger partial charge is 0.253 e. The van der Waals surface area contributed by atoms with Crippen LogP contribution in [0.4, 0.5) is 0 Å². The first kappa shape index (κ1) is 17.4. The van der Waals surface area contributed by atoms with E-state index in [1.54, 1.807) is 47.7 Å². The van der Waals surface area contributed by atoms with Crippen molar-refractivity contribution in [3.8, 4) is 0 Å². The van der Waals surface area contributed by atoms with Crippen LogP contribution in [0.15, 0.2) is 12.2 Å². The molecule has 108 valence electrons. The number of allylic oxidation sites excluding steroid dienone is 1. The monoisotopic (exact) mass is 268 g/mol. The Morgan fingerprint density at radius 1 is 1.21 bits per heavy atom. The molecule has 0 aliphatic carbocycles. The van der Waals surface area contributed by atoms with Crippen molar-refractivity contribution >= 4 is 18.2 Å². The average Bonchev–Trinajstić information content (AvgIpc) is 2.27.